The Labute approximate surface area is 267 Å². The summed E-state index contributed by atoms with van der Waals surface area (Å²) in [6.07, 6.45) is 7.17. The van der Waals surface area contributed by atoms with Crippen LogP contribution in [0.25, 0.3) is 0 Å². The Kier molecular flexibility index (Phi) is 7.00. The highest BCUT2D eigenvalue weighted by atomic mass is 16.6. The van der Waals surface area contributed by atoms with Crippen LogP contribution < -0.4 is 0 Å². The summed E-state index contributed by atoms with van der Waals surface area (Å²) in [5.74, 6) is -0.161. The fourth-order valence-electron chi connectivity index (χ4n) is 13.2. The maximum Gasteiger partial charge on any atom is 0.339 e. The van der Waals surface area contributed by atoms with Crippen molar-refractivity contribution in [3.8, 4) is 0 Å². The molecule has 7 aliphatic rings. The van der Waals surface area contributed by atoms with Crippen molar-refractivity contribution >= 4 is 11.8 Å². The van der Waals surface area contributed by atoms with Gasteiger partial charge in [-0.1, -0.05) is 44.9 Å². The van der Waals surface area contributed by atoms with Gasteiger partial charge in [0.1, 0.15) is 22.6 Å². The van der Waals surface area contributed by atoms with Gasteiger partial charge in [-0.25, -0.2) is 4.79 Å². The highest BCUT2D eigenvalue weighted by Gasteiger charge is 2.88. The van der Waals surface area contributed by atoms with Crippen molar-refractivity contribution in [3.05, 3.63) is 35.4 Å². The fourth-order valence-corrected chi connectivity index (χ4v) is 13.2. The molecule has 12 atom stereocenters. The number of Topliss-reactive ketones (excluding diaryl/α,β-unsaturated/α-hetero) is 1. The molecule has 8 nitrogen and oxygen atoms in total. The molecule has 246 valence electrons. The van der Waals surface area contributed by atoms with Crippen molar-refractivity contribution in [1.82, 2.24) is 4.90 Å². The summed E-state index contributed by atoms with van der Waals surface area (Å²) in [5, 5.41) is 25.8. The summed E-state index contributed by atoms with van der Waals surface area (Å²) in [6, 6.07) is 7.50. The van der Waals surface area contributed by atoms with E-state index in [9.17, 15) is 19.8 Å². The molecule has 1 heterocycles. The van der Waals surface area contributed by atoms with Gasteiger partial charge in [0.05, 0.1) is 17.8 Å². The second-order valence-electron chi connectivity index (χ2n) is 15.9. The molecule has 4 unspecified atom stereocenters. The largest absolute Gasteiger partial charge is 0.454 e. The lowest BCUT2D eigenvalue weighted by Crippen LogP contribution is -2.83. The number of esters is 1. The Morgan fingerprint density at radius 2 is 1.78 bits per heavy atom. The summed E-state index contributed by atoms with van der Waals surface area (Å²) in [4.78, 5) is 30.0. The fraction of sp³-hybridized carbons (Fsp3) is 0.784. The number of hydrogen-bond acceptors (Lipinski definition) is 8. The second-order valence-corrected chi connectivity index (χ2v) is 15.9. The Balaban J connectivity index is 1.21. The van der Waals surface area contributed by atoms with Crippen molar-refractivity contribution in [2.45, 2.75) is 113 Å². The molecule has 0 aromatic heterocycles. The first-order valence-corrected chi connectivity index (χ1v) is 17.7. The van der Waals surface area contributed by atoms with Crippen LogP contribution in [0.2, 0.25) is 0 Å². The number of rotatable bonds is 8. The number of aliphatic hydroxyl groups is 2. The third kappa shape index (κ3) is 3.67. The molecule has 1 aliphatic heterocycles. The number of piperidine rings is 1. The standard InChI is InChI=1S/C37H51NO7/c1-5-38-20-34(45-33(40)24-13-9-8-12-23(24)16-27(39)22-10-6-7-11-22)15-14-30(43-3)36-28(34)18-26(31(36)38)35(41)19-21(2)25-17-29(36)37(35,42)32(25)44-4/h8-9,12-13,21-22,25-26,28-32,41-42H,5-7,10-11,14-20H2,1-4H3/t21-,25+,26?,28?,29?,30-,31+,32-,34+,35-,36?,37-/m0/s1. The Hall–Kier alpha value is -1.84. The molecular weight excluding hydrogens is 570 g/mol. The Morgan fingerprint density at radius 3 is 2.49 bits per heavy atom. The lowest BCUT2D eigenvalue weighted by Gasteiger charge is -2.70. The van der Waals surface area contributed by atoms with E-state index < -0.39 is 28.3 Å². The molecule has 6 aliphatic carbocycles. The molecule has 1 aromatic carbocycles. The topological polar surface area (TPSA) is 106 Å². The highest BCUT2D eigenvalue weighted by molar-refractivity contribution is 5.94. The maximum absolute atomic E-state index is 14.4. The SMILES string of the molecule is CCN1C[C@]2(OC(=O)c3ccccc3CC(=O)C3CCCC3)CC[C@H](OC)C34C2CC([C@@H]13)[C@@]1(O)C[C@H](C)[C@H]2CC4[C@]1(O)[C@H]2OC. The summed E-state index contributed by atoms with van der Waals surface area (Å²) in [7, 11) is 3.47. The van der Waals surface area contributed by atoms with Crippen LogP contribution in [0.4, 0.5) is 0 Å². The smallest absolute Gasteiger partial charge is 0.339 e. The number of ether oxygens (including phenoxy) is 3. The molecule has 2 N–H and O–H groups in total. The molecule has 6 saturated carbocycles. The average Bonchev–Trinajstić information content (AvgIpc) is 3.72. The highest BCUT2D eigenvalue weighted by Crippen LogP contribution is 2.79. The molecule has 0 amide bonds. The molecule has 0 radical (unpaired) electrons. The molecule has 8 heteroatoms. The maximum atomic E-state index is 14.4. The van der Waals surface area contributed by atoms with E-state index in [-0.39, 0.29) is 65.8 Å². The van der Waals surface area contributed by atoms with Crippen molar-refractivity contribution < 1.29 is 34.0 Å². The van der Waals surface area contributed by atoms with Crippen LogP contribution in [0.5, 0.6) is 0 Å². The first-order valence-electron chi connectivity index (χ1n) is 17.7. The number of likely N-dealkylation sites (N-methyl/N-ethyl adjacent to an activating group) is 1. The van der Waals surface area contributed by atoms with E-state index in [1.807, 2.05) is 24.3 Å². The van der Waals surface area contributed by atoms with Gasteiger partial charge in [-0.05, 0) is 75.0 Å². The number of hydrogen-bond donors (Lipinski definition) is 2. The van der Waals surface area contributed by atoms with Gasteiger partial charge in [0.2, 0.25) is 0 Å². The van der Waals surface area contributed by atoms with Crippen LogP contribution in [-0.2, 0) is 25.4 Å². The lowest BCUT2D eigenvalue weighted by molar-refractivity contribution is -0.335. The number of fused-ring (bicyclic) bond motifs is 2. The van der Waals surface area contributed by atoms with Crippen molar-refractivity contribution in [2.24, 2.45) is 40.9 Å². The Morgan fingerprint density at radius 1 is 1.02 bits per heavy atom. The van der Waals surface area contributed by atoms with E-state index >= 15 is 0 Å². The molecule has 45 heavy (non-hydrogen) atoms. The summed E-state index contributed by atoms with van der Waals surface area (Å²) in [5.41, 5.74) is -2.72. The van der Waals surface area contributed by atoms with Gasteiger partial charge < -0.3 is 24.4 Å². The van der Waals surface area contributed by atoms with E-state index in [2.05, 4.69) is 18.7 Å². The third-order valence-corrected chi connectivity index (χ3v) is 14.7. The summed E-state index contributed by atoms with van der Waals surface area (Å²) >= 11 is 0. The minimum absolute atomic E-state index is 0.0257. The predicted molar refractivity (Wildman–Crippen MR) is 166 cm³/mol. The van der Waals surface area contributed by atoms with Gasteiger partial charge in [-0.3, -0.25) is 9.69 Å². The quantitative estimate of drug-likeness (QED) is 0.417. The van der Waals surface area contributed by atoms with Crippen LogP contribution in [-0.4, -0.2) is 89.2 Å². The van der Waals surface area contributed by atoms with Crippen LogP contribution in [0.1, 0.15) is 87.6 Å². The third-order valence-electron chi connectivity index (χ3n) is 14.7. The average molecular weight is 622 g/mol. The molecular formula is C37H51NO7. The van der Waals surface area contributed by atoms with Crippen molar-refractivity contribution in [2.75, 3.05) is 27.3 Å². The normalized spacial score (nSPS) is 48.0. The number of benzene rings is 1. The number of nitrogens with zero attached hydrogens (tertiary/aromatic N) is 1. The van der Waals surface area contributed by atoms with Crippen LogP contribution in [0.15, 0.2) is 24.3 Å². The zero-order valence-corrected chi connectivity index (χ0v) is 27.4. The number of ketones is 1. The van der Waals surface area contributed by atoms with Gasteiger partial charge in [-0.15, -0.1) is 0 Å². The molecule has 7 fully saturated rings. The van der Waals surface area contributed by atoms with E-state index in [1.165, 1.54) is 0 Å². The van der Waals surface area contributed by atoms with Gasteiger partial charge in [0.25, 0.3) is 0 Å². The molecule has 1 saturated heterocycles. The minimum atomic E-state index is -1.39. The summed E-state index contributed by atoms with van der Waals surface area (Å²) < 4.78 is 19.4. The van der Waals surface area contributed by atoms with Gasteiger partial charge in [-0.2, -0.15) is 0 Å². The monoisotopic (exact) mass is 621 g/mol. The van der Waals surface area contributed by atoms with Crippen LogP contribution in [0.3, 0.4) is 0 Å². The Bertz CT molecular complexity index is 1380. The minimum Gasteiger partial charge on any atom is -0.454 e. The number of carbonyl (C=O) groups excluding carboxylic acids is 2. The first-order chi connectivity index (χ1) is 21.6. The lowest BCUT2D eigenvalue weighted by atomic mass is 9.43. The molecule has 1 spiro atoms. The van der Waals surface area contributed by atoms with Crippen LogP contribution >= 0.6 is 0 Å². The zero-order chi connectivity index (χ0) is 31.5. The van der Waals surface area contributed by atoms with Crippen LogP contribution in [0, 0.1) is 40.9 Å². The predicted octanol–water partition coefficient (Wildman–Crippen LogP) is 4.19. The first kappa shape index (κ1) is 30.5. The zero-order valence-electron chi connectivity index (χ0n) is 27.4. The van der Waals surface area contributed by atoms with Gasteiger partial charge in [0, 0.05) is 62.3 Å². The number of likely N-dealkylation sites (tertiary alicyclic amines) is 1. The van der Waals surface area contributed by atoms with Gasteiger partial charge >= 0.3 is 5.97 Å². The van der Waals surface area contributed by atoms with E-state index in [0.717, 1.165) is 50.6 Å². The van der Waals surface area contributed by atoms with E-state index in [1.54, 1.807) is 14.2 Å². The van der Waals surface area contributed by atoms with E-state index in [0.29, 0.717) is 31.4 Å². The van der Waals surface area contributed by atoms with Gasteiger partial charge in [0.15, 0.2) is 0 Å². The van der Waals surface area contributed by atoms with E-state index in [4.69, 9.17) is 14.2 Å². The number of carbonyl (C=O) groups is 2. The molecule has 8 rings (SSSR count). The van der Waals surface area contributed by atoms with Crippen molar-refractivity contribution in [3.63, 3.8) is 0 Å². The van der Waals surface area contributed by atoms with Crippen molar-refractivity contribution in [1.29, 1.82) is 0 Å². The second kappa shape index (κ2) is 10.3. The molecule has 7 bridgehead atoms. The molecule has 1 aromatic rings. The number of methoxy groups -OCH3 is 2. The summed E-state index contributed by atoms with van der Waals surface area (Å²) in [6.45, 7) is 5.73.